The lowest BCUT2D eigenvalue weighted by molar-refractivity contribution is -0.891. The first kappa shape index (κ1) is 16.6. The molecule has 4 heteroatoms. The molecule has 0 aliphatic carbocycles. The zero-order valence-electron chi connectivity index (χ0n) is 12.3. The molecule has 2 nitrogen and oxygen atoms in total. The summed E-state index contributed by atoms with van der Waals surface area (Å²) in [5.41, 5.74) is 0. The van der Waals surface area contributed by atoms with Gasteiger partial charge in [0.05, 0.1) is 65.9 Å². The van der Waals surface area contributed by atoms with E-state index in [-0.39, 0.29) is 0 Å². The van der Waals surface area contributed by atoms with Crippen LogP contribution in [0.4, 0.5) is 0 Å². The normalized spacial score (nSPS) is 17.2. The summed E-state index contributed by atoms with van der Waals surface area (Å²) in [6.07, 6.45) is 0. The van der Waals surface area contributed by atoms with Gasteiger partial charge in [-0.25, -0.2) is 0 Å². The van der Waals surface area contributed by atoms with Gasteiger partial charge in [-0.3, -0.25) is 0 Å². The van der Waals surface area contributed by atoms with Crippen molar-refractivity contribution >= 4 is 21.6 Å². The Hall–Kier alpha value is 0.620. The van der Waals surface area contributed by atoms with Gasteiger partial charge in [-0.1, -0.05) is 21.6 Å². The molecular formula is C12H30N2S2+2. The average molecular weight is 267 g/mol. The fourth-order valence-electron chi connectivity index (χ4n) is 0.740. The van der Waals surface area contributed by atoms with E-state index in [0.29, 0.717) is 0 Å². The SMILES string of the molecule is C[C@@H](CSSC[C@H](C)[N+](C)(C)C)[N+](C)(C)C. The predicted molar refractivity (Wildman–Crippen MR) is 79.9 cm³/mol. The summed E-state index contributed by atoms with van der Waals surface area (Å²) in [5.74, 6) is 2.47. The smallest absolute Gasteiger partial charge is 0.0955 e. The predicted octanol–water partition coefficient (Wildman–Crippen LogP) is 2.56. The van der Waals surface area contributed by atoms with Crippen molar-refractivity contribution in [2.75, 3.05) is 53.8 Å². The maximum absolute atomic E-state index is 2.33. The van der Waals surface area contributed by atoms with Crippen molar-refractivity contribution < 1.29 is 8.97 Å². The summed E-state index contributed by atoms with van der Waals surface area (Å²) in [6, 6.07) is 1.44. The average Bonchev–Trinajstić information content (AvgIpc) is 2.08. The van der Waals surface area contributed by atoms with Crippen molar-refractivity contribution in [1.29, 1.82) is 0 Å². The van der Waals surface area contributed by atoms with Crippen LogP contribution in [0, 0.1) is 0 Å². The van der Waals surface area contributed by atoms with E-state index in [0.717, 1.165) is 21.0 Å². The molecule has 0 aromatic rings. The fraction of sp³-hybridized carbons (Fsp3) is 1.00. The summed E-state index contributed by atoms with van der Waals surface area (Å²) in [6.45, 7) is 4.66. The lowest BCUT2D eigenvalue weighted by Crippen LogP contribution is -2.45. The Kier molecular flexibility index (Phi) is 6.78. The van der Waals surface area contributed by atoms with E-state index in [1.165, 1.54) is 11.5 Å². The van der Waals surface area contributed by atoms with E-state index in [4.69, 9.17) is 0 Å². The van der Waals surface area contributed by atoms with Crippen molar-refractivity contribution in [3.8, 4) is 0 Å². The second-order valence-electron chi connectivity index (χ2n) is 6.50. The third kappa shape index (κ3) is 7.05. The van der Waals surface area contributed by atoms with E-state index >= 15 is 0 Å². The van der Waals surface area contributed by atoms with E-state index < -0.39 is 0 Å². The molecule has 0 saturated carbocycles. The van der Waals surface area contributed by atoms with Gasteiger partial charge in [0.1, 0.15) is 0 Å². The first-order valence-corrected chi connectivity index (χ1v) is 8.40. The Morgan fingerprint density at radius 2 is 0.938 bits per heavy atom. The van der Waals surface area contributed by atoms with E-state index in [9.17, 15) is 0 Å². The second kappa shape index (κ2) is 6.53. The van der Waals surface area contributed by atoms with Crippen LogP contribution in [0.25, 0.3) is 0 Å². The Morgan fingerprint density at radius 1 is 0.688 bits per heavy atom. The van der Waals surface area contributed by atoms with Crippen LogP contribution in [0.2, 0.25) is 0 Å². The van der Waals surface area contributed by atoms with Crippen molar-refractivity contribution in [2.24, 2.45) is 0 Å². The largest absolute Gasteiger partial charge is 0.328 e. The number of quaternary nitrogens is 2. The van der Waals surface area contributed by atoms with Gasteiger partial charge in [-0.15, -0.1) is 0 Å². The van der Waals surface area contributed by atoms with Crippen LogP contribution in [0.15, 0.2) is 0 Å². The highest BCUT2D eigenvalue weighted by atomic mass is 33.1. The highest BCUT2D eigenvalue weighted by Crippen LogP contribution is 2.26. The molecule has 0 aromatic carbocycles. The van der Waals surface area contributed by atoms with Crippen molar-refractivity contribution in [3.63, 3.8) is 0 Å². The maximum atomic E-state index is 2.33. The molecular weight excluding hydrogens is 236 g/mol. The third-order valence-electron chi connectivity index (χ3n) is 3.35. The standard InChI is InChI=1S/C12H30N2S2/c1-11(13(3,4)5)9-15-16-10-12(2)14(6,7)8/h11-12H,9-10H2,1-8H3/q+2/t11-,12-/m0/s1. The van der Waals surface area contributed by atoms with Crippen molar-refractivity contribution in [1.82, 2.24) is 0 Å². The summed E-state index contributed by atoms with van der Waals surface area (Å²) >= 11 is 0. The molecule has 0 heterocycles. The van der Waals surface area contributed by atoms with E-state index in [1.807, 2.05) is 21.6 Å². The zero-order chi connectivity index (χ0) is 13.0. The van der Waals surface area contributed by atoms with Crippen LogP contribution in [0.5, 0.6) is 0 Å². The van der Waals surface area contributed by atoms with Gasteiger partial charge in [0.15, 0.2) is 0 Å². The number of nitrogens with zero attached hydrogens (tertiary/aromatic N) is 2. The number of rotatable bonds is 7. The molecule has 16 heavy (non-hydrogen) atoms. The minimum atomic E-state index is 0.719. The van der Waals surface area contributed by atoms with Crippen molar-refractivity contribution in [3.05, 3.63) is 0 Å². The molecule has 0 radical (unpaired) electrons. The molecule has 0 N–H and O–H groups in total. The second-order valence-corrected chi connectivity index (χ2v) is 9.05. The highest BCUT2D eigenvalue weighted by molar-refractivity contribution is 8.76. The Labute approximate surface area is 110 Å². The molecule has 0 rings (SSSR count). The van der Waals surface area contributed by atoms with E-state index in [2.05, 4.69) is 56.1 Å². The Morgan fingerprint density at radius 3 is 1.12 bits per heavy atom. The monoisotopic (exact) mass is 266 g/mol. The van der Waals surface area contributed by atoms with Crippen LogP contribution in [0.3, 0.4) is 0 Å². The minimum absolute atomic E-state index is 0.719. The quantitative estimate of drug-likeness (QED) is 0.395. The Bertz CT molecular complexity index is 172. The van der Waals surface area contributed by atoms with Gasteiger partial charge in [0, 0.05) is 0 Å². The van der Waals surface area contributed by atoms with Gasteiger partial charge >= 0.3 is 0 Å². The zero-order valence-corrected chi connectivity index (χ0v) is 13.9. The van der Waals surface area contributed by atoms with Gasteiger partial charge in [-0.05, 0) is 13.8 Å². The summed E-state index contributed by atoms with van der Waals surface area (Å²) < 4.78 is 2.11. The van der Waals surface area contributed by atoms with Crippen LogP contribution < -0.4 is 0 Å². The highest BCUT2D eigenvalue weighted by Gasteiger charge is 2.20. The topological polar surface area (TPSA) is 0 Å². The Balaban J connectivity index is 3.70. The van der Waals surface area contributed by atoms with Gasteiger partial charge in [0.2, 0.25) is 0 Å². The minimum Gasteiger partial charge on any atom is -0.328 e. The fourth-order valence-corrected chi connectivity index (χ4v) is 3.98. The first-order chi connectivity index (χ1) is 7.05. The number of hydrogen-bond donors (Lipinski definition) is 0. The summed E-state index contributed by atoms with van der Waals surface area (Å²) in [5, 5.41) is 0. The molecule has 0 aliphatic rings. The van der Waals surface area contributed by atoms with E-state index in [1.54, 1.807) is 0 Å². The first-order valence-electron chi connectivity index (χ1n) is 5.91. The number of hydrogen-bond acceptors (Lipinski definition) is 2. The molecule has 0 unspecified atom stereocenters. The summed E-state index contributed by atoms with van der Waals surface area (Å²) in [4.78, 5) is 0. The lowest BCUT2D eigenvalue weighted by atomic mass is 10.3. The maximum Gasteiger partial charge on any atom is 0.0955 e. The third-order valence-corrected chi connectivity index (χ3v) is 6.07. The molecule has 0 aromatic heterocycles. The lowest BCUT2D eigenvalue weighted by Gasteiger charge is -2.32. The van der Waals surface area contributed by atoms with Crippen LogP contribution >= 0.6 is 21.6 Å². The van der Waals surface area contributed by atoms with Crippen LogP contribution in [0.1, 0.15) is 13.8 Å². The van der Waals surface area contributed by atoms with Gasteiger partial charge in [-0.2, -0.15) is 0 Å². The van der Waals surface area contributed by atoms with Gasteiger partial charge < -0.3 is 8.97 Å². The molecule has 2 atom stereocenters. The molecule has 0 saturated heterocycles. The molecule has 0 aliphatic heterocycles. The molecule has 98 valence electrons. The molecule has 0 fully saturated rings. The van der Waals surface area contributed by atoms with Crippen LogP contribution in [-0.2, 0) is 0 Å². The molecule has 0 spiro atoms. The summed E-state index contributed by atoms with van der Waals surface area (Å²) in [7, 11) is 17.7. The van der Waals surface area contributed by atoms with Gasteiger partial charge in [0.25, 0.3) is 0 Å². The molecule has 0 bridgehead atoms. The molecule has 0 amide bonds. The van der Waals surface area contributed by atoms with Crippen LogP contribution in [-0.4, -0.2) is 74.8 Å². The van der Waals surface area contributed by atoms with Crippen molar-refractivity contribution in [2.45, 2.75) is 25.9 Å².